The third-order valence-electron chi connectivity index (χ3n) is 3.79. The Bertz CT molecular complexity index is 755. The van der Waals surface area contributed by atoms with Crippen LogP contribution in [0.25, 0.3) is 10.9 Å². The summed E-state index contributed by atoms with van der Waals surface area (Å²) in [6.45, 7) is 0.696. The van der Waals surface area contributed by atoms with Crippen molar-refractivity contribution in [2.24, 2.45) is 0 Å². The van der Waals surface area contributed by atoms with Gasteiger partial charge in [0.25, 0.3) is 5.56 Å². The number of hydrogen-bond acceptors (Lipinski definition) is 5. The molecule has 3 rings (SSSR count). The molecule has 1 aliphatic heterocycles. The van der Waals surface area contributed by atoms with Crippen molar-refractivity contribution >= 4 is 28.4 Å². The molecule has 0 saturated carbocycles. The molecule has 1 unspecified atom stereocenters. The van der Waals surface area contributed by atoms with Gasteiger partial charge < -0.3 is 16.0 Å². The number of nitrogens with one attached hydrogen (secondary N) is 2. The molecule has 2 aromatic rings. The number of nitrogens with two attached hydrogens (primary N) is 1. The van der Waals surface area contributed by atoms with Crippen molar-refractivity contribution in [3.8, 4) is 0 Å². The van der Waals surface area contributed by atoms with Crippen LogP contribution in [0.5, 0.6) is 0 Å². The Morgan fingerprint density at radius 3 is 3.10 bits per heavy atom. The zero-order chi connectivity index (χ0) is 15.0. The van der Waals surface area contributed by atoms with Crippen molar-refractivity contribution in [1.29, 1.82) is 0 Å². The number of benzene rings is 1. The van der Waals surface area contributed by atoms with E-state index in [1.807, 2.05) is 4.90 Å². The lowest BCUT2D eigenvalue weighted by atomic mass is 10.2. The average Bonchev–Trinajstić information content (AvgIpc) is 2.96. The van der Waals surface area contributed by atoms with Gasteiger partial charge >= 0.3 is 0 Å². The van der Waals surface area contributed by atoms with Gasteiger partial charge in [-0.15, -0.1) is 0 Å². The number of nitrogens with zero attached hydrogens (tertiary/aromatic N) is 2. The molecular formula is C14H17N5O2. The summed E-state index contributed by atoms with van der Waals surface area (Å²) in [5.74, 6) is 0.371. The highest BCUT2D eigenvalue weighted by molar-refractivity contribution is 5.86. The van der Waals surface area contributed by atoms with Gasteiger partial charge in [-0.25, -0.2) is 4.98 Å². The molecule has 2 heterocycles. The monoisotopic (exact) mass is 287 g/mol. The van der Waals surface area contributed by atoms with Gasteiger partial charge in [0.15, 0.2) is 0 Å². The highest BCUT2D eigenvalue weighted by atomic mass is 16.2. The van der Waals surface area contributed by atoms with Gasteiger partial charge in [-0.1, -0.05) is 0 Å². The van der Waals surface area contributed by atoms with E-state index in [4.69, 9.17) is 5.73 Å². The first-order valence-corrected chi connectivity index (χ1v) is 6.88. The van der Waals surface area contributed by atoms with Crippen molar-refractivity contribution < 1.29 is 4.79 Å². The number of fused-ring (bicyclic) bond motifs is 1. The lowest BCUT2D eigenvalue weighted by Crippen LogP contribution is -2.43. The Hall–Kier alpha value is -2.57. The zero-order valence-corrected chi connectivity index (χ0v) is 11.7. The minimum Gasteiger partial charge on any atom is -0.399 e. The molecule has 21 heavy (non-hydrogen) atoms. The topological polar surface area (TPSA) is 104 Å². The highest BCUT2D eigenvalue weighted by Crippen LogP contribution is 2.23. The normalized spacial score (nSPS) is 18.1. The predicted molar refractivity (Wildman–Crippen MR) is 81.2 cm³/mol. The summed E-state index contributed by atoms with van der Waals surface area (Å²) in [6, 6.07) is 4.74. The lowest BCUT2D eigenvalue weighted by Gasteiger charge is -2.23. The van der Waals surface area contributed by atoms with Crippen LogP contribution in [0.15, 0.2) is 23.0 Å². The number of aromatic nitrogens is 2. The number of hydrogen-bond donors (Lipinski definition) is 3. The Morgan fingerprint density at radius 2 is 2.33 bits per heavy atom. The number of carbonyl (C=O) groups excluding carboxylic acids is 1. The molecule has 1 aliphatic rings. The SMILES string of the molecule is CNC(=O)C1CCCN1c1nc2ccc(N)cc2c(=O)[nH]1. The summed E-state index contributed by atoms with van der Waals surface area (Å²) in [7, 11) is 1.61. The van der Waals surface area contributed by atoms with Crippen molar-refractivity contribution in [1.82, 2.24) is 15.3 Å². The fourth-order valence-electron chi connectivity index (χ4n) is 2.74. The van der Waals surface area contributed by atoms with E-state index in [1.54, 1.807) is 25.2 Å². The van der Waals surface area contributed by atoms with Gasteiger partial charge in [-0.2, -0.15) is 0 Å². The summed E-state index contributed by atoms with van der Waals surface area (Å²) in [4.78, 5) is 33.1. The van der Waals surface area contributed by atoms with E-state index >= 15 is 0 Å². The van der Waals surface area contributed by atoms with Crippen LogP contribution in [0.4, 0.5) is 11.6 Å². The molecule has 7 heteroatoms. The van der Waals surface area contributed by atoms with E-state index < -0.39 is 0 Å². The smallest absolute Gasteiger partial charge is 0.260 e. The van der Waals surface area contributed by atoms with Crippen LogP contribution in [-0.2, 0) is 4.79 Å². The number of carbonyl (C=O) groups is 1. The van der Waals surface area contributed by atoms with Gasteiger partial charge in [-0.05, 0) is 31.0 Å². The maximum absolute atomic E-state index is 12.2. The first-order chi connectivity index (χ1) is 10.1. The maximum Gasteiger partial charge on any atom is 0.260 e. The number of likely N-dealkylation sites (N-methyl/N-ethyl adjacent to an activating group) is 1. The molecule has 1 aromatic carbocycles. The van der Waals surface area contributed by atoms with Crippen molar-refractivity contribution in [2.75, 3.05) is 24.2 Å². The van der Waals surface area contributed by atoms with E-state index in [2.05, 4.69) is 15.3 Å². The minimum absolute atomic E-state index is 0.0625. The fourth-order valence-corrected chi connectivity index (χ4v) is 2.74. The molecule has 110 valence electrons. The first-order valence-electron chi connectivity index (χ1n) is 6.88. The summed E-state index contributed by atoms with van der Waals surface area (Å²) < 4.78 is 0. The third kappa shape index (κ3) is 2.31. The highest BCUT2D eigenvalue weighted by Gasteiger charge is 2.31. The standard InChI is InChI=1S/C14H17N5O2/c1-16-13(21)11-3-2-6-19(11)14-17-10-5-4-8(15)7-9(10)12(20)18-14/h4-5,7,11H,2-3,6,15H2,1H3,(H,16,21)(H,17,18,20). The van der Waals surface area contributed by atoms with Crippen molar-refractivity contribution in [3.63, 3.8) is 0 Å². The Balaban J connectivity index is 2.07. The molecule has 7 nitrogen and oxygen atoms in total. The second-order valence-electron chi connectivity index (χ2n) is 5.13. The van der Waals surface area contributed by atoms with E-state index in [1.165, 1.54) is 0 Å². The van der Waals surface area contributed by atoms with Crippen LogP contribution >= 0.6 is 0 Å². The van der Waals surface area contributed by atoms with E-state index in [0.29, 0.717) is 29.1 Å². The summed E-state index contributed by atoms with van der Waals surface area (Å²) in [6.07, 6.45) is 1.64. The molecule has 1 amide bonds. The van der Waals surface area contributed by atoms with Crippen LogP contribution in [0.2, 0.25) is 0 Å². The summed E-state index contributed by atoms with van der Waals surface area (Å²) in [5.41, 5.74) is 6.54. The van der Waals surface area contributed by atoms with Gasteiger partial charge in [0.05, 0.1) is 10.9 Å². The van der Waals surface area contributed by atoms with Gasteiger partial charge in [0.1, 0.15) is 6.04 Å². The lowest BCUT2D eigenvalue weighted by molar-refractivity contribution is -0.121. The Labute approximate surface area is 121 Å². The fraction of sp³-hybridized carbons (Fsp3) is 0.357. The number of H-pyrrole nitrogens is 1. The summed E-state index contributed by atoms with van der Waals surface area (Å²) >= 11 is 0. The molecule has 1 saturated heterocycles. The van der Waals surface area contributed by atoms with Crippen LogP contribution in [0.1, 0.15) is 12.8 Å². The summed E-state index contributed by atoms with van der Waals surface area (Å²) in [5, 5.41) is 3.10. The van der Waals surface area contributed by atoms with Gasteiger partial charge in [-0.3, -0.25) is 14.6 Å². The molecule has 0 spiro atoms. The van der Waals surface area contributed by atoms with Crippen LogP contribution in [0.3, 0.4) is 0 Å². The van der Waals surface area contributed by atoms with E-state index in [9.17, 15) is 9.59 Å². The molecule has 0 radical (unpaired) electrons. The Kier molecular flexibility index (Phi) is 3.25. The predicted octanol–water partition coefficient (Wildman–Crippen LogP) is 0.220. The van der Waals surface area contributed by atoms with E-state index in [-0.39, 0.29) is 17.5 Å². The number of nitrogen functional groups attached to an aromatic ring is 1. The zero-order valence-electron chi connectivity index (χ0n) is 11.7. The minimum atomic E-state index is -0.288. The van der Waals surface area contributed by atoms with Crippen molar-refractivity contribution in [3.05, 3.63) is 28.6 Å². The Morgan fingerprint density at radius 1 is 1.52 bits per heavy atom. The van der Waals surface area contributed by atoms with Crippen molar-refractivity contribution in [2.45, 2.75) is 18.9 Å². The number of aromatic amines is 1. The van der Waals surface area contributed by atoms with Gasteiger partial charge in [0.2, 0.25) is 11.9 Å². The van der Waals surface area contributed by atoms with Crippen LogP contribution in [-0.4, -0.2) is 35.5 Å². The second-order valence-corrected chi connectivity index (χ2v) is 5.13. The molecule has 4 N–H and O–H groups in total. The number of rotatable bonds is 2. The first kappa shape index (κ1) is 13.4. The quantitative estimate of drug-likeness (QED) is 0.685. The molecular weight excluding hydrogens is 270 g/mol. The molecule has 1 fully saturated rings. The largest absolute Gasteiger partial charge is 0.399 e. The molecule has 0 aliphatic carbocycles. The molecule has 1 aromatic heterocycles. The van der Waals surface area contributed by atoms with Crippen LogP contribution in [0, 0.1) is 0 Å². The van der Waals surface area contributed by atoms with Crippen LogP contribution < -0.4 is 21.5 Å². The third-order valence-corrected chi connectivity index (χ3v) is 3.79. The van der Waals surface area contributed by atoms with E-state index in [0.717, 1.165) is 12.8 Å². The molecule has 1 atom stereocenters. The van der Waals surface area contributed by atoms with Gasteiger partial charge in [0, 0.05) is 19.3 Å². The maximum atomic E-state index is 12.2. The number of anilines is 2. The average molecular weight is 287 g/mol. The second kappa shape index (κ2) is 5.08. The molecule has 0 bridgehead atoms. The number of amides is 1.